The van der Waals surface area contributed by atoms with Gasteiger partial charge in [0.1, 0.15) is 5.82 Å². The van der Waals surface area contributed by atoms with Crippen molar-refractivity contribution < 1.29 is 9.18 Å². The fourth-order valence-electron chi connectivity index (χ4n) is 2.25. The number of benzene rings is 1. The minimum absolute atomic E-state index is 0.0405. The molecule has 5 heteroatoms. The van der Waals surface area contributed by atoms with E-state index in [0.29, 0.717) is 16.7 Å². The van der Waals surface area contributed by atoms with Crippen molar-refractivity contribution in [3.05, 3.63) is 28.5 Å². The second-order valence-electron chi connectivity index (χ2n) is 4.64. The van der Waals surface area contributed by atoms with Crippen molar-refractivity contribution in [3.63, 3.8) is 0 Å². The van der Waals surface area contributed by atoms with Gasteiger partial charge in [0.25, 0.3) is 0 Å². The molecule has 1 aliphatic heterocycles. The summed E-state index contributed by atoms with van der Waals surface area (Å²) in [6.07, 6.45) is 1.60. The molecule has 1 aliphatic rings. The second-order valence-corrected chi connectivity index (χ2v) is 5.49. The van der Waals surface area contributed by atoms with Gasteiger partial charge in [-0.05, 0) is 53.5 Å². The van der Waals surface area contributed by atoms with Crippen LogP contribution in [0, 0.1) is 11.2 Å². The third kappa shape index (κ3) is 2.57. The molecule has 1 unspecified atom stereocenters. The summed E-state index contributed by atoms with van der Waals surface area (Å²) in [5.74, 6) is -0.398. The molecule has 0 aliphatic carbocycles. The van der Waals surface area contributed by atoms with Crippen LogP contribution in [0.25, 0.3) is 0 Å². The number of hydrogen-bond donors (Lipinski definition) is 2. The third-order valence-corrected chi connectivity index (χ3v) is 4.27. The van der Waals surface area contributed by atoms with Crippen molar-refractivity contribution >= 4 is 27.5 Å². The van der Waals surface area contributed by atoms with Crippen LogP contribution in [0.1, 0.15) is 19.8 Å². The average Bonchev–Trinajstić information content (AvgIpc) is 2.84. The first-order valence-electron chi connectivity index (χ1n) is 6.04. The molecule has 1 aromatic carbocycles. The fourth-order valence-corrected chi connectivity index (χ4v) is 2.59. The van der Waals surface area contributed by atoms with Gasteiger partial charge in [0.15, 0.2) is 0 Å². The molecular formula is C13H16BrFN2O. The van der Waals surface area contributed by atoms with E-state index in [1.54, 1.807) is 6.07 Å². The summed E-state index contributed by atoms with van der Waals surface area (Å²) >= 11 is 3.31. The molecule has 1 heterocycles. The van der Waals surface area contributed by atoms with Gasteiger partial charge < -0.3 is 10.6 Å². The van der Waals surface area contributed by atoms with Crippen molar-refractivity contribution in [1.82, 2.24) is 5.32 Å². The summed E-state index contributed by atoms with van der Waals surface area (Å²) in [4.78, 5) is 12.3. The zero-order valence-electron chi connectivity index (χ0n) is 10.2. The highest BCUT2D eigenvalue weighted by Gasteiger charge is 2.39. The molecule has 1 fully saturated rings. The quantitative estimate of drug-likeness (QED) is 0.900. The Morgan fingerprint density at radius 1 is 1.61 bits per heavy atom. The highest BCUT2D eigenvalue weighted by atomic mass is 79.9. The van der Waals surface area contributed by atoms with Crippen molar-refractivity contribution in [3.8, 4) is 0 Å². The van der Waals surface area contributed by atoms with Gasteiger partial charge in [-0.3, -0.25) is 4.79 Å². The van der Waals surface area contributed by atoms with Crippen LogP contribution in [0.2, 0.25) is 0 Å². The van der Waals surface area contributed by atoms with Gasteiger partial charge in [0.05, 0.1) is 11.1 Å². The summed E-state index contributed by atoms with van der Waals surface area (Å²) in [6, 6.07) is 4.27. The minimum atomic E-state index is -0.369. The number of anilines is 1. The van der Waals surface area contributed by atoms with E-state index in [9.17, 15) is 9.18 Å². The lowest BCUT2D eigenvalue weighted by Crippen LogP contribution is -2.37. The molecule has 0 aromatic heterocycles. The maximum absolute atomic E-state index is 13.2. The van der Waals surface area contributed by atoms with E-state index in [2.05, 4.69) is 26.6 Å². The molecule has 18 heavy (non-hydrogen) atoms. The van der Waals surface area contributed by atoms with Gasteiger partial charge in [-0.15, -0.1) is 0 Å². The number of carbonyl (C=O) groups excluding carboxylic acids is 1. The Hall–Kier alpha value is -0.940. The summed E-state index contributed by atoms with van der Waals surface area (Å²) in [5, 5.41) is 6.03. The number of halogens is 2. The van der Waals surface area contributed by atoms with Crippen molar-refractivity contribution in [2.24, 2.45) is 5.41 Å². The zero-order chi connectivity index (χ0) is 13.2. The molecule has 3 nitrogen and oxygen atoms in total. The van der Waals surface area contributed by atoms with Gasteiger partial charge in [0, 0.05) is 11.0 Å². The minimum Gasteiger partial charge on any atom is -0.324 e. The highest BCUT2D eigenvalue weighted by Crippen LogP contribution is 2.32. The van der Waals surface area contributed by atoms with E-state index in [0.717, 1.165) is 19.4 Å². The molecule has 2 N–H and O–H groups in total. The molecule has 2 rings (SSSR count). The van der Waals surface area contributed by atoms with Crippen LogP contribution >= 0.6 is 15.9 Å². The van der Waals surface area contributed by atoms with Crippen LogP contribution in [-0.2, 0) is 4.79 Å². The molecule has 0 bridgehead atoms. The van der Waals surface area contributed by atoms with Gasteiger partial charge in [0.2, 0.25) is 5.91 Å². The Balaban J connectivity index is 2.18. The number of carbonyl (C=O) groups is 1. The molecular weight excluding hydrogens is 299 g/mol. The Kier molecular flexibility index (Phi) is 4.02. The van der Waals surface area contributed by atoms with E-state index in [1.165, 1.54) is 12.1 Å². The van der Waals surface area contributed by atoms with Crippen molar-refractivity contribution in [1.29, 1.82) is 0 Å². The third-order valence-electron chi connectivity index (χ3n) is 3.58. The van der Waals surface area contributed by atoms with E-state index in [1.807, 2.05) is 6.92 Å². The first kappa shape index (κ1) is 13.5. The van der Waals surface area contributed by atoms with E-state index < -0.39 is 0 Å². The Bertz CT molecular complexity index is 458. The lowest BCUT2D eigenvalue weighted by Gasteiger charge is -2.25. The number of nitrogens with one attached hydrogen (secondary N) is 2. The molecule has 1 atom stereocenters. The van der Waals surface area contributed by atoms with Gasteiger partial charge in [-0.25, -0.2) is 4.39 Å². The Labute approximate surface area is 114 Å². The van der Waals surface area contributed by atoms with Crippen LogP contribution in [0.15, 0.2) is 22.7 Å². The average molecular weight is 315 g/mol. The molecule has 98 valence electrons. The second kappa shape index (κ2) is 5.36. The van der Waals surface area contributed by atoms with Gasteiger partial charge in [-0.2, -0.15) is 0 Å². The van der Waals surface area contributed by atoms with Crippen molar-refractivity contribution in [2.75, 3.05) is 18.4 Å². The smallest absolute Gasteiger partial charge is 0.231 e. The molecule has 1 saturated heterocycles. The Morgan fingerprint density at radius 2 is 2.39 bits per heavy atom. The molecule has 1 aromatic rings. The summed E-state index contributed by atoms with van der Waals surface area (Å²) in [5.41, 5.74) is 0.117. The molecule has 0 radical (unpaired) electrons. The predicted octanol–water partition coefficient (Wildman–Crippen LogP) is 2.92. The molecule has 0 spiro atoms. The highest BCUT2D eigenvalue weighted by molar-refractivity contribution is 9.10. The van der Waals surface area contributed by atoms with Crippen LogP contribution in [0.5, 0.6) is 0 Å². The van der Waals surface area contributed by atoms with Crippen LogP contribution in [-0.4, -0.2) is 19.0 Å². The van der Waals surface area contributed by atoms with E-state index in [-0.39, 0.29) is 17.1 Å². The standard InChI is InChI=1S/C13H16BrFN2O/c1-2-13(5-6-16-8-13)12(18)17-11-7-9(15)3-4-10(11)14/h3-4,7,16H,2,5-6,8H2,1H3,(H,17,18). The SMILES string of the molecule is CCC1(C(=O)Nc2cc(F)ccc2Br)CCNC1. The number of hydrogen-bond acceptors (Lipinski definition) is 2. The predicted molar refractivity (Wildman–Crippen MR) is 72.9 cm³/mol. The topological polar surface area (TPSA) is 41.1 Å². The van der Waals surface area contributed by atoms with Crippen LogP contribution in [0.4, 0.5) is 10.1 Å². The monoisotopic (exact) mass is 314 g/mol. The normalized spacial score (nSPS) is 23.1. The Morgan fingerprint density at radius 3 is 3.00 bits per heavy atom. The summed E-state index contributed by atoms with van der Waals surface area (Å²) < 4.78 is 13.9. The van der Waals surface area contributed by atoms with Gasteiger partial charge in [-0.1, -0.05) is 6.92 Å². The first-order valence-corrected chi connectivity index (χ1v) is 6.84. The fraction of sp³-hybridized carbons (Fsp3) is 0.462. The largest absolute Gasteiger partial charge is 0.324 e. The first-order chi connectivity index (χ1) is 8.57. The lowest BCUT2D eigenvalue weighted by atomic mass is 9.83. The summed E-state index contributed by atoms with van der Waals surface area (Å²) in [6.45, 7) is 3.54. The number of amides is 1. The van der Waals surface area contributed by atoms with Crippen LogP contribution < -0.4 is 10.6 Å². The lowest BCUT2D eigenvalue weighted by molar-refractivity contribution is -0.124. The number of rotatable bonds is 3. The van der Waals surface area contributed by atoms with E-state index in [4.69, 9.17) is 0 Å². The molecule has 0 saturated carbocycles. The molecule has 1 amide bonds. The maximum atomic E-state index is 13.2. The zero-order valence-corrected chi connectivity index (χ0v) is 11.8. The van der Waals surface area contributed by atoms with E-state index >= 15 is 0 Å². The van der Waals surface area contributed by atoms with Crippen molar-refractivity contribution in [2.45, 2.75) is 19.8 Å². The van der Waals surface area contributed by atoms with Crippen LogP contribution in [0.3, 0.4) is 0 Å². The van der Waals surface area contributed by atoms with Gasteiger partial charge >= 0.3 is 0 Å². The summed E-state index contributed by atoms with van der Waals surface area (Å²) in [7, 11) is 0. The maximum Gasteiger partial charge on any atom is 0.231 e.